The SMILES string of the molecule is COC(=O)C1CCN(CCC(c2ccccc2)c2c[nH]c3cc(F)ccc23)C2CCCCC12. The summed E-state index contributed by atoms with van der Waals surface area (Å²) in [6.45, 7) is 1.93. The summed E-state index contributed by atoms with van der Waals surface area (Å²) < 4.78 is 18.9. The molecule has 0 bridgehead atoms. The lowest BCUT2D eigenvalue weighted by Crippen LogP contribution is -2.52. The van der Waals surface area contributed by atoms with Crippen molar-refractivity contribution in [3.8, 4) is 0 Å². The molecule has 4 nitrogen and oxygen atoms in total. The number of fused-ring (bicyclic) bond motifs is 2. The van der Waals surface area contributed by atoms with Gasteiger partial charge in [-0.05, 0) is 74.0 Å². The standard InChI is InChI=1S/C28H33FN2O2/c1-33-28(32)24-14-16-31(27-10-6-5-9-23(24)27)15-13-21(19-7-3-2-4-8-19)25-18-30-26-17-20(29)11-12-22(25)26/h2-4,7-8,11-12,17-18,21,23-24,27,30H,5-6,9-10,13-16H2,1H3. The van der Waals surface area contributed by atoms with Crippen LogP contribution >= 0.6 is 0 Å². The fourth-order valence-electron chi connectivity index (χ4n) is 6.36. The first-order chi connectivity index (χ1) is 16.2. The second-order valence-corrected chi connectivity index (χ2v) is 9.66. The van der Waals surface area contributed by atoms with E-state index in [1.54, 1.807) is 12.1 Å². The third-order valence-corrected chi connectivity index (χ3v) is 7.96. The third-order valence-electron chi connectivity index (χ3n) is 7.96. The van der Waals surface area contributed by atoms with Crippen LogP contribution in [0.1, 0.15) is 55.6 Å². The molecule has 3 aromatic rings. The Hall–Kier alpha value is -2.66. The maximum atomic E-state index is 13.8. The molecular weight excluding hydrogens is 415 g/mol. The minimum Gasteiger partial charge on any atom is -0.469 e. The van der Waals surface area contributed by atoms with Gasteiger partial charge in [-0.25, -0.2) is 4.39 Å². The summed E-state index contributed by atoms with van der Waals surface area (Å²) in [6.07, 6.45) is 8.66. The first-order valence-corrected chi connectivity index (χ1v) is 12.3. The number of methoxy groups -OCH3 is 1. The van der Waals surface area contributed by atoms with Gasteiger partial charge < -0.3 is 14.6 Å². The van der Waals surface area contributed by atoms with Gasteiger partial charge in [0.1, 0.15) is 5.82 Å². The van der Waals surface area contributed by atoms with Crippen LogP contribution in [0.15, 0.2) is 54.7 Å². The number of H-pyrrole nitrogens is 1. The minimum atomic E-state index is -0.219. The van der Waals surface area contributed by atoms with Crippen molar-refractivity contribution in [3.05, 3.63) is 71.7 Å². The molecule has 4 atom stereocenters. The summed E-state index contributed by atoms with van der Waals surface area (Å²) in [4.78, 5) is 18.3. The number of likely N-dealkylation sites (tertiary alicyclic amines) is 1. The summed E-state index contributed by atoms with van der Waals surface area (Å²) in [6, 6.07) is 16.1. The number of esters is 1. The monoisotopic (exact) mass is 448 g/mol. The number of aromatic nitrogens is 1. The predicted molar refractivity (Wildman–Crippen MR) is 129 cm³/mol. The van der Waals surface area contributed by atoms with E-state index in [1.165, 1.54) is 37.5 Å². The number of hydrogen-bond donors (Lipinski definition) is 1. The van der Waals surface area contributed by atoms with Gasteiger partial charge in [0.05, 0.1) is 13.0 Å². The van der Waals surface area contributed by atoms with Gasteiger partial charge in [-0.1, -0.05) is 43.2 Å². The van der Waals surface area contributed by atoms with Crippen molar-refractivity contribution < 1.29 is 13.9 Å². The van der Waals surface area contributed by atoms with Crippen molar-refractivity contribution in [1.82, 2.24) is 9.88 Å². The van der Waals surface area contributed by atoms with E-state index in [4.69, 9.17) is 4.74 Å². The van der Waals surface area contributed by atoms with E-state index >= 15 is 0 Å². The molecule has 1 aliphatic carbocycles. The zero-order valence-electron chi connectivity index (χ0n) is 19.3. The van der Waals surface area contributed by atoms with Gasteiger partial charge in [-0.2, -0.15) is 0 Å². The van der Waals surface area contributed by atoms with Gasteiger partial charge in [-0.15, -0.1) is 0 Å². The van der Waals surface area contributed by atoms with Crippen LogP contribution < -0.4 is 0 Å². The molecule has 1 saturated carbocycles. The van der Waals surface area contributed by atoms with Gasteiger partial charge in [0.2, 0.25) is 0 Å². The number of rotatable bonds is 6. The Morgan fingerprint density at radius 2 is 1.97 bits per heavy atom. The van der Waals surface area contributed by atoms with Crippen LogP contribution in [0.5, 0.6) is 0 Å². The van der Waals surface area contributed by atoms with Crippen molar-refractivity contribution in [2.24, 2.45) is 11.8 Å². The molecule has 5 rings (SSSR count). The van der Waals surface area contributed by atoms with Gasteiger partial charge in [-0.3, -0.25) is 4.79 Å². The van der Waals surface area contributed by atoms with Crippen LogP contribution in [-0.2, 0) is 9.53 Å². The fraction of sp³-hybridized carbons (Fsp3) is 0.464. The Kier molecular flexibility index (Phi) is 6.50. The topological polar surface area (TPSA) is 45.3 Å². The van der Waals surface area contributed by atoms with Crippen molar-refractivity contribution in [1.29, 1.82) is 0 Å². The molecule has 1 aromatic heterocycles. The van der Waals surface area contributed by atoms with Crippen LogP contribution in [0, 0.1) is 17.7 Å². The first-order valence-electron chi connectivity index (χ1n) is 12.3. The number of hydrogen-bond acceptors (Lipinski definition) is 3. The Morgan fingerprint density at radius 3 is 2.79 bits per heavy atom. The average Bonchev–Trinajstić information content (AvgIpc) is 3.27. The number of nitrogens with one attached hydrogen (secondary N) is 1. The van der Waals surface area contributed by atoms with Crippen molar-refractivity contribution in [2.45, 2.75) is 50.5 Å². The molecule has 2 fully saturated rings. The van der Waals surface area contributed by atoms with Gasteiger partial charge in [0, 0.05) is 29.1 Å². The highest BCUT2D eigenvalue weighted by atomic mass is 19.1. The molecule has 33 heavy (non-hydrogen) atoms. The number of piperidine rings is 1. The van der Waals surface area contributed by atoms with E-state index in [0.717, 1.165) is 43.3 Å². The van der Waals surface area contributed by atoms with Crippen LogP contribution in [0.3, 0.4) is 0 Å². The second-order valence-electron chi connectivity index (χ2n) is 9.66. The summed E-state index contributed by atoms with van der Waals surface area (Å²) in [7, 11) is 1.52. The summed E-state index contributed by atoms with van der Waals surface area (Å²) in [5, 5.41) is 1.09. The molecule has 2 aliphatic rings. The Labute approximate surface area is 195 Å². The highest BCUT2D eigenvalue weighted by molar-refractivity contribution is 5.84. The van der Waals surface area contributed by atoms with Crippen LogP contribution in [-0.4, -0.2) is 42.1 Å². The van der Waals surface area contributed by atoms with Crippen molar-refractivity contribution >= 4 is 16.9 Å². The molecule has 4 unspecified atom stereocenters. The Morgan fingerprint density at radius 1 is 1.15 bits per heavy atom. The molecule has 1 saturated heterocycles. The molecule has 2 aromatic carbocycles. The van der Waals surface area contributed by atoms with Crippen molar-refractivity contribution in [2.75, 3.05) is 20.2 Å². The van der Waals surface area contributed by atoms with E-state index in [-0.39, 0.29) is 23.6 Å². The molecule has 2 heterocycles. The zero-order chi connectivity index (χ0) is 22.8. The van der Waals surface area contributed by atoms with E-state index in [9.17, 15) is 9.18 Å². The second kappa shape index (κ2) is 9.68. The largest absolute Gasteiger partial charge is 0.469 e. The van der Waals surface area contributed by atoms with Gasteiger partial charge in [0.25, 0.3) is 0 Å². The lowest BCUT2D eigenvalue weighted by atomic mass is 9.71. The quantitative estimate of drug-likeness (QED) is 0.479. The van der Waals surface area contributed by atoms with E-state index in [2.05, 4.69) is 46.4 Å². The van der Waals surface area contributed by atoms with E-state index in [1.807, 2.05) is 6.07 Å². The molecular formula is C28H33FN2O2. The number of benzene rings is 2. The van der Waals surface area contributed by atoms with Crippen LogP contribution in [0.4, 0.5) is 4.39 Å². The number of nitrogens with zero attached hydrogens (tertiary/aromatic N) is 1. The zero-order valence-corrected chi connectivity index (χ0v) is 19.3. The van der Waals surface area contributed by atoms with E-state index in [0.29, 0.717) is 12.0 Å². The maximum absolute atomic E-state index is 13.8. The van der Waals surface area contributed by atoms with Crippen LogP contribution in [0.25, 0.3) is 10.9 Å². The minimum absolute atomic E-state index is 0.0280. The molecule has 5 heteroatoms. The lowest BCUT2D eigenvalue weighted by molar-refractivity contribution is -0.152. The number of carbonyl (C=O) groups excluding carboxylic acids is 1. The Bertz CT molecular complexity index is 1100. The molecule has 0 spiro atoms. The molecule has 1 N–H and O–H groups in total. The first kappa shape index (κ1) is 22.1. The molecule has 1 aliphatic heterocycles. The van der Waals surface area contributed by atoms with Crippen LogP contribution in [0.2, 0.25) is 0 Å². The Balaban J connectivity index is 1.39. The number of aromatic amines is 1. The highest BCUT2D eigenvalue weighted by Crippen LogP contribution is 2.41. The maximum Gasteiger partial charge on any atom is 0.309 e. The summed E-state index contributed by atoms with van der Waals surface area (Å²) in [5.41, 5.74) is 3.35. The number of halogens is 1. The lowest BCUT2D eigenvalue weighted by Gasteiger charge is -2.47. The predicted octanol–water partition coefficient (Wildman–Crippen LogP) is 5.88. The van der Waals surface area contributed by atoms with Crippen molar-refractivity contribution in [3.63, 3.8) is 0 Å². The molecule has 174 valence electrons. The third kappa shape index (κ3) is 4.43. The highest BCUT2D eigenvalue weighted by Gasteiger charge is 2.42. The average molecular weight is 449 g/mol. The normalized spacial score (nSPS) is 24.4. The number of carbonyl (C=O) groups is 1. The smallest absolute Gasteiger partial charge is 0.309 e. The molecule has 0 radical (unpaired) electrons. The van der Waals surface area contributed by atoms with E-state index < -0.39 is 0 Å². The number of ether oxygens (including phenoxy) is 1. The summed E-state index contributed by atoms with van der Waals surface area (Å²) >= 11 is 0. The van der Waals surface area contributed by atoms with Gasteiger partial charge >= 0.3 is 5.97 Å². The summed E-state index contributed by atoms with van der Waals surface area (Å²) in [5.74, 6) is 0.436. The van der Waals surface area contributed by atoms with Gasteiger partial charge in [0.15, 0.2) is 0 Å². The fourth-order valence-corrected chi connectivity index (χ4v) is 6.36. The molecule has 0 amide bonds.